The molecule has 1 aliphatic heterocycles. The van der Waals surface area contributed by atoms with Crippen molar-refractivity contribution < 1.29 is 26.3 Å². The highest BCUT2D eigenvalue weighted by Crippen LogP contribution is 2.29. The lowest BCUT2D eigenvalue weighted by Crippen LogP contribution is -2.60. The van der Waals surface area contributed by atoms with Crippen LogP contribution in [-0.4, -0.2) is 43.6 Å². The lowest BCUT2D eigenvalue weighted by molar-refractivity contribution is -0.131. The minimum absolute atomic E-state index is 0.00897. The summed E-state index contributed by atoms with van der Waals surface area (Å²) in [6.45, 7) is 6.52. The first-order valence-electron chi connectivity index (χ1n) is 11.1. The van der Waals surface area contributed by atoms with Gasteiger partial charge in [-0.15, -0.1) is 11.3 Å². The Balaban J connectivity index is 1.47. The summed E-state index contributed by atoms with van der Waals surface area (Å²) in [5.74, 6) is -3.47. The van der Waals surface area contributed by atoms with Crippen molar-refractivity contribution >= 4 is 26.9 Å². The predicted octanol–water partition coefficient (Wildman–Crippen LogP) is 4.76. The van der Waals surface area contributed by atoms with E-state index in [4.69, 9.17) is 4.74 Å². The molecule has 2 heterocycles. The van der Waals surface area contributed by atoms with Crippen LogP contribution < -0.4 is 5.32 Å². The molecule has 1 fully saturated rings. The van der Waals surface area contributed by atoms with Crippen molar-refractivity contribution in [1.29, 1.82) is 0 Å². The zero-order valence-electron chi connectivity index (χ0n) is 19.4. The van der Waals surface area contributed by atoms with Crippen LogP contribution in [0.2, 0.25) is 0 Å². The van der Waals surface area contributed by atoms with Crippen molar-refractivity contribution in [3.05, 3.63) is 75.5 Å². The van der Waals surface area contributed by atoms with Gasteiger partial charge in [-0.25, -0.2) is 26.6 Å². The number of halogens is 3. The Morgan fingerprint density at radius 1 is 1.17 bits per heavy atom. The van der Waals surface area contributed by atoms with Gasteiger partial charge >= 0.3 is 0 Å². The zero-order valence-corrected chi connectivity index (χ0v) is 21.0. The molecule has 0 radical (unpaired) electrons. The van der Waals surface area contributed by atoms with Crippen molar-refractivity contribution in [3.8, 4) is 0 Å². The van der Waals surface area contributed by atoms with E-state index in [1.165, 1.54) is 28.3 Å². The number of rotatable bonds is 10. The van der Waals surface area contributed by atoms with Crippen LogP contribution >= 0.6 is 11.3 Å². The number of anilines is 1. The first-order valence-corrected chi connectivity index (χ1v) is 13.6. The second-order valence-corrected chi connectivity index (χ2v) is 11.4. The van der Waals surface area contributed by atoms with Crippen LogP contribution in [0.15, 0.2) is 46.1 Å². The molecule has 1 aliphatic rings. The van der Waals surface area contributed by atoms with Gasteiger partial charge in [0, 0.05) is 49.4 Å². The molecule has 0 bridgehead atoms. The standard InChI is InChI=1S/C24H26F3N3O3S2/c1-3-33-24(2)13-30(14-24)10-16-5-4-6-20(25)19(16)9-28-17-7-21(26)23(22(27)8-17)35(31,32)12-18-11-34-15-29-18/h4-8,11,15,28H,3,9-10,12-14H2,1-2H3. The molecule has 0 amide bonds. The van der Waals surface area contributed by atoms with Crippen LogP contribution in [0.3, 0.4) is 0 Å². The van der Waals surface area contributed by atoms with Crippen LogP contribution in [0.1, 0.15) is 30.7 Å². The van der Waals surface area contributed by atoms with Crippen molar-refractivity contribution in [2.75, 3.05) is 25.0 Å². The van der Waals surface area contributed by atoms with E-state index in [-0.39, 0.29) is 23.5 Å². The summed E-state index contributed by atoms with van der Waals surface area (Å²) >= 11 is 1.19. The molecule has 0 aliphatic carbocycles. The molecule has 0 atom stereocenters. The number of hydrogen-bond donors (Lipinski definition) is 1. The fourth-order valence-corrected chi connectivity index (χ4v) is 6.43. The predicted molar refractivity (Wildman–Crippen MR) is 128 cm³/mol. The number of benzene rings is 2. The molecule has 188 valence electrons. The van der Waals surface area contributed by atoms with Crippen molar-refractivity contribution in [2.24, 2.45) is 0 Å². The molecule has 6 nitrogen and oxygen atoms in total. The molecule has 1 aromatic heterocycles. The van der Waals surface area contributed by atoms with Crippen LogP contribution in [-0.2, 0) is 33.4 Å². The van der Waals surface area contributed by atoms with Gasteiger partial charge in [-0.3, -0.25) is 4.90 Å². The molecule has 2 aromatic carbocycles. The molecular formula is C24H26F3N3O3S2. The Morgan fingerprint density at radius 2 is 1.89 bits per heavy atom. The average molecular weight is 526 g/mol. The lowest BCUT2D eigenvalue weighted by atomic mass is 9.94. The lowest BCUT2D eigenvalue weighted by Gasteiger charge is -2.47. The quantitative estimate of drug-likeness (QED) is 0.412. The number of sulfone groups is 1. The van der Waals surface area contributed by atoms with Gasteiger partial charge in [0.15, 0.2) is 9.84 Å². The summed E-state index contributed by atoms with van der Waals surface area (Å²) < 4.78 is 74.9. The summed E-state index contributed by atoms with van der Waals surface area (Å²) in [6, 6.07) is 6.57. The van der Waals surface area contributed by atoms with E-state index in [2.05, 4.69) is 15.2 Å². The molecule has 3 aromatic rings. The monoisotopic (exact) mass is 525 g/mol. The number of aromatic nitrogens is 1. The van der Waals surface area contributed by atoms with Crippen molar-refractivity contribution in [1.82, 2.24) is 9.88 Å². The molecule has 1 saturated heterocycles. The minimum atomic E-state index is -4.28. The first kappa shape index (κ1) is 25.6. The average Bonchev–Trinajstić information content (AvgIpc) is 3.24. The third-order valence-electron chi connectivity index (χ3n) is 5.82. The van der Waals surface area contributed by atoms with Gasteiger partial charge in [0.25, 0.3) is 0 Å². The molecule has 4 rings (SSSR count). The zero-order chi connectivity index (χ0) is 25.2. The topological polar surface area (TPSA) is 71.5 Å². The van der Waals surface area contributed by atoms with E-state index in [0.717, 1.165) is 30.8 Å². The summed E-state index contributed by atoms with van der Waals surface area (Å²) in [7, 11) is -4.28. The van der Waals surface area contributed by atoms with Gasteiger partial charge in [-0.05, 0) is 37.6 Å². The highest BCUT2D eigenvalue weighted by molar-refractivity contribution is 7.90. The first-order chi connectivity index (χ1) is 16.6. The molecular weight excluding hydrogens is 499 g/mol. The SMILES string of the molecule is CCOC1(C)CN(Cc2cccc(F)c2CNc2cc(F)c(S(=O)(=O)Cc3cscn3)c(F)c2)C1. The van der Waals surface area contributed by atoms with E-state index in [9.17, 15) is 21.6 Å². The Morgan fingerprint density at radius 3 is 2.51 bits per heavy atom. The largest absolute Gasteiger partial charge is 0.381 e. The fraction of sp³-hybridized carbons (Fsp3) is 0.375. The normalized spacial score (nSPS) is 15.7. The van der Waals surface area contributed by atoms with E-state index in [1.54, 1.807) is 6.07 Å². The van der Waals surface area contributed by atoms with Gasteiger partial charge in [0.2, 0.25) is 0 Å². The molecule has 0 spiro atoms. The van der Waals surface area contributed by atoms with Gasteiger partial charge in [0.05, 0.1) is 22.6 Å². The summed E-state index contributed by atoms with van der Waals surface area (Å²) in [4.78, 5) is 5.00. The van der Waals surface area contributed by atoms with Crippen LogP contribution in [0, 0.1) is 17.5 Å². The van der Waals surface area contributed by atoms with E-state index in [0.29, 0.717) is 18.7 Å². The van der Waals surface area contributed by atoms with Gasteiger partial charge < -0.3 is 10.1 Å². The number of nitrogens with one attached hydrogen (secondary N) is 1. The number of hydrogen-bond acceptors (Lipinski definition) is 7. The second-order valence-electron chi connectivity index (χ2n) is 8.77. The van der Waals surface area contributed by atoms with E-state index >= 15 is 0 Å². The minimum Gasteiger partial charge on any atom is -0.381 e. The Labute approximate surface area is 206 Å². The van der Waals surface area contributed by atoms with Gasteiger partial charge in [-0.2, -0.15) is 0 Å². The highest BCUT2D eigenvalue weighted by atomic mass is 32.2. The van der Waals surface area contributed by atoms with Crippen LogP contribution in [0.25, 0.3) is 0 Å². The van der Waals surface area contributed by atoms with Crippen LogP contribution in [0.4, 0.5) is 18.9 Å². The third-order valence-corrected chi connectivity index (χ3v) is 8.14. The number of ether oxygens (including phenoxy) is 1. The Bertz CT molecular complexity index is 1270. The summed E-state index contributed by atoms with van der Waals surface area (Å²) in [5.41, 5.74) is 2.58. The molecule has 0 unspecified atom stereocenters. The number of thiazole rings is 1. The highest BCUT2D eigenvalue weighted by Gasteiger charge is 2.39. The number of nitrogens with zero attached hydrogens (tertiary/aromatic N) is 2. The molecule has 11 heteroatoms. The summed E-state index contributed by atoms with van der Waals surface area (Å²) in [5, 5.41) is 4.33. The van der Waals surface area contributed by atoms with E-state index in [1.807, 2.05) is 19.9 Å². The van der Waals surface area contributed by atoms with Crippen molar-refractivity contribution in [3.63, 3.8) is 0 Å². The van der Waals surface area contributed by atoms with Crippen LogP contribution in [0.5, 0.6) is 0 Å². The Kier molecular flexibility index (Phi) is 7.51. The third kappa shape index (κ3) is 5.85. The maximum atomic E-state index is 14.7. The number of likely N-dealkylation sites (tertiary alicyclic amines) is 1. The smallest absolute Gasteiger partial charge is 0.189 e. The summed E-state index contributed by atoms with van der Waals surface area (Å²) in [6.07, 6.45) is 0. The second kappa shape index (κ2) is 10.3. The Hall–Kier alpha value is -2.47. The van der Waals surface area contributed by atoms with Crippen molar-refractivity contribution in [2.45, 2.75) is 43.2 Å². The maximum Gasteiger partial charge on any atom is 0.189 e. The fourth-order valence-electron chi connectivity index (χ4n) is 4.37. The molecule has 35 heavy (non-hydrogen) atoms. The van der Waals surface area contributed by atoms with E-state index < -0.39 is 37.9 Å². The maximum absolute atomic E-state index is 14.7. The van der Waals surface area contributed by atoms with Gasteiger partial charge in [0.1, 0.15) is 22.3 Å². The molecule has 0 saturated carbocycles. The van der Waals surface area contributed by atoms with Gasteiger partial charge in [-0.1, -0.05) is 12.1 Å². The molecule has 1 N–H and O–H groups in total.